The van der Waals surface area contributed by atoms with Crippen LogP contribution in [0, 0.1) is 0 Å². The van der Waals surface area contributed by atoms with Gasteiger partial charge in [0.2, 0.25) is 0 Å². The van der Waals surface area contributed by atoms with Gasteiger partial charge in [-0.05, 0) is 48.5 Å². The van der Waals surface area contributed by atoms with Gasteiger partial charge in [-0.15, -0.1) is 0 Å². The van der Waals surface area contributed by atoms with Crippen LogP contribution in [0.15, 0.2) is 80.5 Å². The van der Waals surface area contributed by atoms with E-state index in [0.717, 1.165) is 5.56 Å². The molecule has 4 aromatic rings. The highest BCUT2D eigenvalue weighted by atomic mass is 35.5. The number of nitrogens with zero attached hydrogens (tertiary/aromatic N) is 2. The molecule has 3 aromatic heterocycles. The summed E-state index contributed by atoms with van der Waals surface area (Å²) in [5.41, 5.74) is 0.993. The lowest BCUT2D eigenvalue weighted by molar-refractivity contribution is 0.0694. The van der Waals surface area contributed by atoms with Gasteiger partial charge in [0.15, 0.2) is 11.5 Å². The summed E-state index contributed by atoms with van der Waals surface area (Å²) in [6.07, 6.45) is 3.14. The van der Waals surface area contributed by atoms with Crippen LogP contribution in [0.2, 0.25) is 5.02 Å². The van der Waals surface area contributed by atoms with E-state index in [1.165, 1.54) is 0 Å². The van der Waals surface area contributed by atoms with Crippen molar-refractivity contribution in [1.82, 2.24) is 10.1 Å². The summed E-state index contributed by atoms with van der Waals surface area (Å²) < 4.78 is 16.1. The molecule has 136 valence electrons. The molecule has 0 N–H and O–H groups in total. The number of halogens is 1. The Morgan fingerprint density at radius 1 is 0.963 bits per heavy atom. The van der Waals surface area contributed by atoms with Gasteiger partial charge in [-0.3, -0.25) is 4.79 Å². The summed E-state index contributed by atoms with van der Waals surface area (Å²) in [6.45, 7) is 0.575. The van der Waals surface area contributed by atoms with Crippen LogP contribution in [0.3, 0.4) is 0 Å². The molecule has 1 amide bonds. The van der Waals surface area contributed by atoms with E-state index in [0.29, 0.717) is 22.3 Å². The molecule has 27 heavy (non-hydrogen) atoms. The lowest BCUT2D eigenvalue weighted by Gasteiger charge is -2.19. The first-order valence-electron chi connectivity index (χ1n) is 8.26. The van der Waals surface area contributed by atoms with Gasteiger partial charge in [0.05, 0.1) is 25.6 Å². The van der Waals surface area contributed by atoms with Gasteiger partial charge in [-0.1, -0.05) is 16.8 Å². The van der Waals surface area contributed by atoms with Crippen molar-refractivity contribution >= 4 is 17.5 Å². The van der Waals surface area contributed by atoms with Crippen LogP contribution in [-0.4, -0.2) is 16.0 Å². The first-order valence-corrected chi connectivity index (χ1v) is 8.63. The van der Waals surface area contributed by atoms with Gasteiger partial charge in [-0.25, -0.2) is 0 Å². The quantitative estimate of drug-likeness (QED) is 0.468. The Hall–Kier alpha value is -3.25. The number of hydrogen-bond donors (Lipinski definition) is 0. The zero-order valence-electron chi connectivity index (χ0n) is 14.2. The van der Waals surface area contributed by atoms with Gasteiger partial charge in [0, 0.05) is 16.7 Å². The lowest BCUT2D eigenvalue weighted by atomic mass is 10.1. The molecule has 0 atom stereocenters. The average molecular weight is 383 g/mol. The summed E-state index contributed by atoms with van der Waals surface area (Å²) in [5.74, 6) is 1.53. The number of hydrogen-bond acceptors (Lipinski definition) is 5. The number of furan rings is 2. The van der Waals surface area contributed by atoms with Gasteiger partial charge < -0.3 is 18.3 Å². The van der Waals surface area contributed by atoms with Crippen LogP contribution in [0.5, 0.6) is 0 Å². The number of amides is 1. The van der Waals surface area contributed by atoms with Crippen LogP contribution in [0.25, 0.3) is 11.3 Å². The molecule has 4 rings (SSSR count). The van der Waals surface area contributed by atoms with Crippen molar-refractivity contribution in [2.24, 2.45) is 0 Å². The van der Waals surface area contributed by atoms with Gasteiger partial charge >= 0.3 is 0 Å². The maximum Gasteiger partial charge on any atom is 0.276 e. The minimum absolute atomic E-state index is 0.207. The fraction of sp³-hybridized carbons (Fsp3) is 0.100. The molecule has 0 aliphatic carbocycles. The van der Waals surface area contributed by atoms with E-state index in [4.69, 9.17) is 25.0 Å². The van der Waals surface area contributed by atoms with E-state index in [1.807, 2.05) is 12.1 Å². The van der Waals surface area contributed by atoms with Crippen molar-refractivity contribution in [2.75, 3.05) is 0 Å². The summed E-state index contributed by atoms with van der Waals surface area (Å²) in [5, 5.41) is 4.56. The largest absolute Gasteiger partial charge is 0.467 e. The Balaban J connectivity index is 1.58. The summed E-state index contributed by atoms with van der Waals surface area (Å²) in [7, 11) is 0. The van der Waals surface area contributed by atoms with E-state index in [9.17, 15) is 4.79 Å². The third-order valence-corrected chi connectivity index (χ3v) is 4.25. The number of carbonyl (C=O) groups is 1. The molecule has 0 fully saturated rings. The van der Waals surface area contributed by atoms with Crippen LogP contribution >= 0.6 is 11.6 Å². The molecule has 6 nitrogen and oxygen atoms in total. The Bertz CT molecular complexity index is 969. The van der Waals surface area contributed by atoms with E-state index >= 15 is 0 Å². The number of carbonyl (C=O) groups excluding carboxylic acids is 1. The second kappa shape index (κ2) is 7.55. The molecule has 0 aliphatic rings. The highest BCUT2D eigenvalue weighted by Crippen LogP contribution is 2.23. The Labute approximate surface area is 159 Å². The molecule has 0 bridgehead atoms. The summed E-state index contributed by atoms with van der Waals surface area (Å²) in [6, 6.07) is 15.9. The van der Waals surface area contributed by atoms with Gasteiger partial charge in [0.25, 0.3) is 5.91 Å². The van der Waals surface area contributed by atoms with Crippen molar-refractivity contribution in [3.8, 4) is 11.3 Å². The first-order chi connectivity index (χ1) is 13.2. The molecule has 0 aliphatic heterocycles. The molecule has 7 heteroatoms. The molecule has 0 unspecified atom stereocenters. The lowest BCUT2D eigenvalue weighted by Crippen LogP contribution is -2.30. The molecule has 0 saturated heterocycles. The second-order valence-corrected chi connectivity index (χ2v) is 6.34. The van der Waals surface area contributed by atoms with Crippen molar-refractivity contribution < 1.29 is 18.2 Å². The fourth-order valence-electron chi connectivity index (χ4n) is 2.67. The Morgan fingerprint density at radius 2 is 1.59 bits per heavy atom. The maximum atomic E-state index is 13.0. The number of benzene rings is 1. The number of rotatable bonds is 6. The molecule has 3 heterocycles. The van der Waals surface area contributed by atoms with Gasteiger partial charge in [0.1, 0.15) is 11.5 Å². The monoisotopic (exact) mass is 382 g/mol. The van der Waals surface area contributed by atoms with E-state index in [-0.39, 0.29) is 24.7 Å². The molecular formula is C20H15ClN2O4. The van der Waals surface area contributed by atoms with Crippen molar-refractivity contribution in [2.45, 2.75) is 13.1 Å². The second-order valence-electron chi connectivity index (χ2n) is 5.90. The van der Waals surface area contributed by atoms with Crippen LogP contribution in [0.1, 0.15) is 22.0 Å². The highest BCUT2D eigenvalue weighted by molar-refractivity contribution is 6.30. The molecule has 0 saturated carbocycles. The maximum absolute atomic E-state index is 13.0. The Kier molecular flexibility index (Phi) is 4.80. The van der Waals surface area contributed by atoms with Gasteiger partial charge in [-0.2, -0.15) is 0 Å². The highest BCUT2D eigenvalue weighted by Gasteiger charge is 2.22. The minimum Gasteiger partial charge on any atom is -0.467 e. The van der Waals surface area contributed by atoms with Crippen molar-refractivity contribution in [3.63, 3.8) is 0 Å². The first kappa shape index (κ1) is 17.2. The SMILES string of the molecule is O=C(c1cc(-c2ccc(Cl)cc2)on1)N(Cc1ccco1)Cc1ccco1. The van der Waals surface area contributed by atoms with Crippen molar-refractivity contribution in [3.05, 3.63) is 89.4 Å². The smallest absolute Gasteiger partial charge is 0.276 e. The van der Waals surface area contributed by atoms with Crippen LogP contribution in [-0.2, 0) is 13.1 Å². The fourth-order valence-corrected chi connectivity index (χ4v) is 2.80. The van der Waals surface area contributed by atoms with Crippen molar-refractivity contribution in [1.29, 1.82) is 0 Å². The van der Waals surface area contributed by atoms with Crippen LogP contribution < -0.4 is 0 Å². The minimum atomic E-state index is -0.285. The van der Waals surface area contributed by atoms with E-state index in [1.54, 1.807) is 59.9 Å². The zero-order valence-corrected chi connectivity index (χ0v) is 14.9. The van der Waals surface area contributed by atoms with Crippen LogP contribution in [0.4, 0.5) is 0 Å². The summed E-state index contributed by atoms with van der Waals surface area (Å²) >= 11 is 5.91. The van der Waals surface area contributed by atoms with E-state index in [2.05, 4.69) is 5.16 Å². The van der Waals surface area contributed by atoms with E-state index < -0.39 is 0 Å². The average Bonchev–Trinajstić information content (AvgIpc) is 3.44. The molecular weight excluding hydrogens is 368 g/mol. The molecule has 1 aromatic carbocycles. The topological polar surface area (TPSA) is 72.6 Å². The zero-order chi connectivity index (χ0) is 18.6. The predicted octanol–water partition coefficient (Wildman–Crippen LogP) is 5.02. The summed E-state index contributed by atoms with van der Waals surface area (Å²) in [4.78, 5) is 14.6. The predicted molar refractivity (Wildman–Crippen MR) is 97.9 cm³/mol. The standard InChI is InChI=1S/C20H15ClN2O4/c21-15-7-5-14(6-8-15)19-11-18(22-27-19)20(24)23(12-16-3-1-9-25-16)13-17-4-2-10-26-17/h1-11H,12-13H2. The molecule has 0 spiro atoms. The number of aromatic nitrogens is 1. The third-order valence-electron chi connectivity index (χ3n) is 4.00. The normalized spacial score (nSPS) is 10.9. The molecule has 0 radical (unpaired) electrons. The third kappa shape index (κ3) is 3.96. The Morgan fingerprint density at radius 3 is 2.15 bits per heavy atom.